The molecule has 108 valence electrons. The third-order valence-electron chi connectivity index (χ3n) is 2.90. The normalized spacial score (nSPS) is 10.2. The first kappa shape index (κ1) is 16.0. The van der Waals surface area contributed by atoms with E-state index in [1.807, 2.05) is 24.0 Å². The van der Waals surface area contributed by atoms with Gasteiger partial charge in [0.1, 0.15) is 11.8 Å². The molecular formula is C15H20N2O3. The minimum absolute atomic E-state index is 0.227. The largest absolute Gasteiger partial charge is 0.495 e. The van der Waals surface area contributed by atoms with Gasteiger partial charge in [0.2, 0.25) is 0 Å². The van der Waals surface area contributed by atoms with Crippen molar-refractivity contribution >= 4 is 5.97 Å². The van der Waals surface area contributed by atoms with E-state index in [1.54, 1.807) is 13.0 Å². The lowest BCUT2D eigenvalue weighted by molar-refractivity contribution is -0.144. The van der Waals surface area contributed by atoms with E-state index < -0.39 is 0 Å². The van der Waals surface area contributed by atoms with Crippen LogP contribution in [0.5, 0.6) is 5.75 Å². The molecular weight excluding hydrogens is 256 g/mol. The van der Waals surface area contributed by atoms with Gasteiger partial charge in [0, 0.05) is 6.54 Å². The first-order chi connectivity index (χ1) is 9.64. The fourth-order valence-electron chi connectivity index (χ4n) is 1.85. The van der Waals surface area contributed by atoms with Crippen LogP contribution in [0.15, 0.2) is 18.2 Å². The predicted molar refractivity (Wildman–Crippen MR) is 75.3 cm³/mol. The van der Waals surface area contributed by atoms with Crippen LogP contribution in [0.2, 0.25) is 0 Å². The van der Waals surface area contributed by atoms with Crippen molar-refractivity contribution in [3.8, 4) is 11.8 Å². The number of methoxy groups -OCH3 is 1. The molecule has 1 aromatic carbocycles. The monoisotopic (exact) mass is 276 g/mol. The molecule has 0 aliphatic heterocycles. The molecule has 1 aromatic rings. The number of benzene rings is 1. The summed E-state index contributed by atoms with van der Waals surface area (Å²) < 4.78 is 10.1. The zero-order chi connectivity index (χ0) is 15.0. The number of carbonyl (C=O) groups excluding carboxylic acids is 1. The maximum atomic E-state index is 11.5. The molecule has 0 unspecified atom stereocenters. The zero-order valence-corrected chi connectivity index (χ0v) is 12.2. The van der Waals surface area contributed by atoms with Crippen molar-refractivity contribution < 1.29 is 14.3 Å². The van der Waals surface area contributed by atoms with Crippen LogP contribution in [-0.2, 0) is 16.1 Å². The highest BCUT2D eigenvalue weighted by Gasteiger charge is 2.11. The van der Waals surface area contributed by atoms with Gasteiger partial charge in [0.15, 0.2) is 0 Å². The van der Waals surface area contributed by atoms with Crippen LogP contribution >= 0.6 is 0 Å². The van der Waals surface area contributed by atoms with Crippen molar-refractivity contribution in [1.82, 2.24) is 4.90 Å². The fraction of sp³-hybridized carbons (Fsp3) is 0.467. The van der Waals surface area contributed by atoms with Gasteiger partial charge in [-0.2, -0.15) is 5.26 Å². The number of carbonyl (C=O) groups is 1. The Morgan fingerprint density at radius 2 is 2.15 bits per heavy atom. The molecule has 0 radical (unpaired) electrons. The topological polar surface area (TPSA) is 62.6 Å². The van der Waals surface area contributed by atoms with Gasteiger partial charge < -0.3 is 9.47 Å². The molecule has 5 heteroatoms. The minimum atomic E-state index is -0.227. The van der Waals surface area contributed by atoms with Gasteiger partial charge in [-0.25, -0.2) is 0 Å². The second kappa shape index (κ2) is 8.18. The van der Waals surface area contributed by atoms with Gasteiger partial charge in [-0.1, -0.05) is 13.0 Å². The summed E-state index contributed by atoms with van der Waals surface area (Å²) in [6.07, 6.45) is 0. The predicted octanol–water partition coefficient (Wildman–Crippen LogP) is 1.95. The van der Waals surface area contributed by atoms with Gasteiger partial charge in [-0.3, -0.25) is 9.69 Å². The van der Waals surface area contributed by atoms with Crippen LogP contribution in [-0.4, -0.2) is 37.7 Å². The molecule has 0 aliphatic carbocycles. The molecule has 0 bridgehead atoms. The van der Waals surface area contributed by atoms with Crippen molar-refractivity contribution in [1.29, 1.82) is 5.26 Å². The second-order valence-electron chi connectivity index (χ2n) is 4.25. The molecule has 0 saturated heterocycles. The van der Waals surface area contributed by atoms with Crippen molar-refractivity contribution in [3.63, 3.8) is 0 Å². The highest BCUT2D eigenvalue weighted by Crippen LogP contribution is 2.20. The van der Waals surface area contributed by atoms with Crippen molar-refractivity contribution in [2.75, 3.05) is 26.8 Å². The standard InChI is InChI=1S/C15H20N2O3/c1-4-17(11-15(18)20-5-2)10-12-6-7-13(9-16)14(8-12)19-3/h6-8H,4-5,10-11H2,1-3H3. The van der Waals surface area contributed by atoms with Gasteiger partial charge >= 0.3 is 5.97 Å². The van der Waals surface area contributed by atoms with E-state index in [0.717, 1.165) is 12.1 Å². The summed E-state index contributed by atoms with van der Waals surface area (Å²) in [5.74, 6) is 0.326. The van der Waals surface area contributed by atoms with Crippen LogP contribution in [0.3, 0.4) is 0 Å². The molecule has 0 N–H and O–H groups in total. The van der Waals surface area contributed by atoms with Crippen LogP contribution in [0, 0.1) is 11.3 Å². The molecule has 0 aromatic heterocycles. The van der Waals surface area contributed by atoms with E-state index in [2.05, 4.69) is 6.07 Å². The van der Waals surface area contributed by atoms with Crippen molar-refractivity contribution in [2.24, 2.45) is 0 Å². The van der Waals surface area contributed by atoms with Crippen molar-refractivity contribution in [2.45, 2.75) is 20.4 Å². The summed E-state index contributed by atoms with van der Waals surface area (Å²) >= 11 is 0. The molecule has 0 aliphatic rings. The number of hydrogen-bond acceptors (Lipinski definition) is 5. The lowest BCUT2D eigenvalue weighted by Crippen LogP contribution is -2.30. The Balaban J connectivity index is 2.75. The Hall–Kier alpha value is -2.06. The third-order valence-corrected chi connectivity index (χ3v) is 2.90. The number of rotatable bonds is 7. The number of esters is 1. The highest BCUT2D eigenvalue weighted by atomic mass is 16.5. The van der Waals surface area contributed by atoms with Gasteiger partial charge in [-0.05, 0) is 31.2 Å². The maximum absolute atomic E-state index is 11.5. The first-order valence-corrected chi connectivity index (χ1v) is 6.59. The van der Waals surface area contributed by atoms with Gasteiger partial charge in [-0.15, -0.1) is 0 Å². The molecule has 0 heterocycles. The van der Waals surface area contributed by atoms with Crippen molar-refractivity contribution in [3.05, 3.63) is 29.3 Å². The fourth-order valence-corrected chi connectivity index (χ4v) is 1.85. The lowest BCUT2D eigenvalue weighted by atomic mass is 10.1. The third kappa shape index (κ3) is 4.56. The first-order valence-electron chi connectivity index (χ1n) is 6.59. The molecule has 20 heavy (non-hydrogen) atoms. The number of likely N-dealkylation sites (N-methyl/N-ethyl adjacent to an activating group) is 1. The number of ether oxygens (including phenoxy) is 2. The molecule has 5 nitrogen and oxygen atoms in total. The van der Waals surface area contributed by atoms with E-state index in [-0.39, 0.29) is 12.5 Å². The summed E-state index contributed by atoms with van der Waals surface area (Å²) in [5, 5.41) is 8.94. The van der Waals surface area contributed by atoms with Gasteiger partial charge in [0.05, 0.1) is 25.8 Å². The number of nitriles is 1. The number of hydrogen-bond donors (Lipinski definition) is 0. The smallest absolute Gasteiger partial charge is 0.320 e. The Bertz CT molecular complexity index is 494. The lowest BCUT2D eigenvalue weighted by Gasteiger charge is -2.19. The van der Waals surface area contributed by atoms with E-state index in [1.165, 1.54) is 7.11 Å². The summed E-state index contributed by atoms with van der Waals surface area (Å²) in [5.41, 5.74) is 1.50. The Morgan fingerprint density at radius 3 is 2.70 bits per heavy atom. The Labute approximate surface area is 119 Å². The molecule has 0 saturated carbocycles. The minimum Gasteiger partial charge on any atom is -0.495 e. The maximum Gasteiger partial charge on any atom is 0.320 e. The SMILES string of the molecule is CCOC(=O)CN(CC)Cc1ccc(C#N)c(OC)c1. The highest BCUT2D eigenvalue weighted by molar-refractivity contribution is 5.71. The summed E-state index contributed by atoms with van der Waals surface area (Å²) in [7, 11) is 1.54. The number of nitrogens with zero attached hydrogens (tertiary/aromatic N) is 2. The van der Waals surface area contributed by atoms with Crippen LogP contribution in [0.25, 0.3) is 0 Å². The Kier molecular flexibility index (Phi) is 6.54. The molecule has 0 atom stereocenters. The van der Waals surface area contributed by atoms with Crippen LogP contribution in [0.4, 0.5) is 0 Å². The van der Waals surface area contributed by atoms with Crippen LogP contribution in [0.1, 0.15) is 25.0 Å². The van der Waals surface area contributed by atoms with Crippen LogP contribution < -0.4 is 4.74 Å². The van der Waals surface area contributed by atoms with E-state index in [9.17, 15) is 4.79 Å². The zero-order valence-electron chi connectivity index (χ0n) is 12.2. The average Bonchev–Trinajstić information content (AvgIpc) is 2.46. The quantitative estimate of drug-likeness (QED) is 0.712. The second-order valence-corrected chi connectivity index (χ2v) is 4.25. The molecule has 0 amide bonds. The molecule has 0 fully saturated rings. The average molecular weight is 276 g/mol. The van der Waals surface area contributed by atoms with E-state index >= 15 is 0 Å². The van der Waals surface area contributed by atoms with E-state index in [4.69, 9.17) is 14.7 Å². The summed E-state index contributed by atoms with van der Waals surface area (Å²) in [6, 6.07) is 7.50. The summed E-state index contributed by atoms with van der Waals surface area (Å²) in [6.45, 7) is 5.77. The Morgan fingerprint density at radius 1 is 1.40 bits per heavy atom. The molecule has 0 spiro atoms. The van der Waals surface area contributed by atoms with Gasteiger partial charge in [0.25, 0.3) is 0 Å². The van der Waals surface area contributed by atoms with E-state index in [0.29, 0.717) is 24.5 Å². The summed E-state index contributed by atoms with van der Waals surface area (Å²) in [4.78, 5) is 13.5. The molecule has 1 rings (SSSR count).